The Labute approximate surface area is 204 Å². The number of nitrogens with zero attached hydrogens (tertiary/aromatic N) is 3. The zero-order valence-electron chi connectivity index (χ0n) is 19.0. The highest BCUT2D eigenvalue weighted by atomic mass is 32.1. The maximum Gasteiger partial charge on any atom is 0.265 e. The number of thiazole rings is 1. The molecule has 5 rings (SSSR count). The van der Waals surface area contributed by atoms with Gasteiger partial charge in [-0.15, -0.1) is 0 Å². The largest absolute Gasteiger partial charge is 0.298 e. The number of carbonyl (C=O) groups excluding carboxylic acids is 2. The summed E-state index contributed by atoms with van der Waals surface area (Å²) in [4.78, 5) is 47.6. The highest BCUT2D eigenvalue weighted by Gasteiger charge is 2.18. The number of hydrogen-bond acceptors (Lipinski definition) is 6. The second kappa shape index (κ2) is 9.08. The molecule has 35 heavy (non-hydrogen) atoms. The first-order valence-electron chi connectivity index (χ1n) is 10.9. The fraction of sp³-hybridized carbons (Fsp3) is 0.0741. The lowest BCUT2D eigenvalue weighted by Gasteiger charge is -2.11. The first-order valence-corrected chi connectivity index (χ1v) is 11.7. The van der Waals surface area contributed by atoms with Crippen LogP contribution in [-0.4, -0.2) is 26.2 Å². The van der Waals surface area contributed by atoms with E-state index in [4.69, 9.17) is 0 Å². The lowest BCUT2D eigenvalue weighted by atomic mass is 10.1. The average molecular weight is 481 g/mol. The van der Waals surface area contributed by atoms with Crippen LogP contribution >= 0.6 is 11.3 Å². The van der Waals surface area contributed by atoms with Gasteiger partial charge in [-0.3, -0.25) is 24.3 Å². The van der Waals surface area contributed by atoms with Gasteiger partial charge in [0.1, 0.15) is 5.82 Å². The highest BCUT2D eigenvalue weighted by molar-refractivity contribution is 7.18. The summed E-state index contributed by atoms with van der Waals surface area (Å²) >= 11 is 1.14. The van der Waals surface area contributed by atoms with Gasteiger partial charge in [-0.05, 0) is 43.3 Å². The predicted octanol–water partition coefficient (Wildman–Crippen LogP) is 5.27. The monoisotopic (exact) mass is 480 g/mol. The van der Waals surface area contributed by atoms with Crippen molar-refractivity contribution in [2.75, 3.05) is 5.32 Å². The molecule has 7 nitrogen and oxygen atoms in total. The first kappa shape index (κ1) is 22.4. The van der Waals surface area contributed by atoms with Gasteiger partial charge in [0.05, 0.1) is 27.2 Å². The van der Waals surface area contributed by atoms with Crippen molar-refractivity contribution in [3.63, 3.8) is 0 Å². The van der Waals surface area contributed by atoms with Crippen LogP contribution in [0.15, 0.2) is 83.7 Å². The normalized spacial score (nSPS) is 10.9. The van der Waals surface area contributed by atoms with Gasteiger partial charge in [0.25, 0.3) is 11.5 Å². The Bertz CT molecular complexity index is 1640. The molecule has 0 aliphatic carbocycles. The number of aromatic nitrogens is 3. The van der Waals surface area contributed by atoms with Gasteiger partial charge < -0.3 is 0 Å². The molecule has 1 amide bonds. The van der Waals surface area contributed by atoms with Crippen LogP contribution in [0.4, 0.5) is 5.13 Å². The quantitative estimate of drug-likeness (QED) is 0.346. The lowest BCUT2D eigenvalue weighted by Crippen LogP contribution is -2.22. The highest BCUT2D eigenvalue weighted by Crippen LogP contribution is 2.31. The van der Waals surface area contributed by atoms with Crippen molar-refractivity contribution in [3.05, 3.63) is 105 Å². The Kier molecular flexibility index (Phi) is 5.80. The predicted molar refractivity (Wildman–Crippen MR) is 138 cm³/mol. The van der Waals surface area contributed by atoms with Crippen LogP contribution in [0.3, 0.4) is 0 Å². The second-order valence-electron chi connectivity index (χ2n) is 7.94. The molecule has 3 aromatic carbocycles. The number of rotatable bonds is 5. The minimum atomic E-state index is -0.360. The Balaban J connectivity index is 1.42. The molecule has 0 radical (unpaired) electrons. The van der Waals surface area contributed by atoms with Crippen molar-refractivity contribution in [2.45, 2.75) is 13.8 Å². The van der Waals surface area contributed by atoms with E-state index in [9.17, 15) is 14.4 Å². The van der Waals surface area contributed by atoms with Crippen LogP contribution in [0.5, 0.6) is 0 Å². The third-order valence-electron chi connectivity index (χ3n) is 5.55. The molecular formula is C27H20N4O3S. The van der Waals surface area contributed by atoms with E-state index in [-0.39, 0.29) is 17.2 Å². The number of hydrogen-bond donors (Lipinski definition) is 1. The van der Waals surface area contributed by atoms with E-state index in [2.05, 4.69) is 15.3 Å². The summed E-state index contributed by atoms with van der Waals surface area (Å²) in [5.41, 5.74) is 2.84. The van der Waals surface area contributed by atoms with Gasteiger partial charge in [-0.25, -0.2) is 9.97 Å². The summed E-state index contributed by atoms with van der Waals surface area (Å²) in [6, 6.07) is 23.3. The molecule has 0 saturated carbocycles. The van der Waals surface area contributed by atoms with Crippen molar-refractivity contribution in [2.24, 2.45) is 0 Å². The van der Waals surface area contributed by atoms with Gasteiger partial charge in [-0.2, -0.15) is 0 Å². The number of amides is 1. The van der Waals surface area contributed by atoms with E-state index in [1.165, 1.54) is 11.5 Å². The molecule has 0 unspecified atom stereocenters. The molecule has 0 saturated heterocycles. The molecule has 172 valence electrons. The summed E-state index contributed by atoms with van der Waals surface area (Å²) in [5.74, 6) is 0.0793. The smallest absolute Gasteiger partial charge is 0.265 e. The molecule has 0 fully saturated rings. The zero-order valence-corrected chi connectivity index (χ0v) is 19.8. The third-order valence-corrected chi connectivity index (χ3v) is 6.62. The fourth-order valence-electron chi connectivity index (χ4n) is 3.88. The van der Waals surface area contributed by atoms with Gasteiger partial charge in [0, 0.05) is 18.1 Å². The Morgan fingerprint density at radius 3 is 2.29 bits per heavy atom. The number of nitrogens with one attached hydrogen (secondary N) is 1. The minimum absolute atomic E-state index is 0.115. The van der Waals surface area contributed by atoms with Crippen LogP contribution in [0.2, 0.25) is 0 Å². The summed E-state index contributed by atoms with van der Waals surface area (Å²) in [6.45, 7) is 3.25. The summed E-state index contributed by atoms with van der Waals surface area (Å²) in [7, 11) is 0. The summed E-state index contributed by atoms with van der Waals surface area (Å²) < 4.78 is 1.52. The van der Waals surface area contributed by atoms with Crippen molar-refractivity contribution in [1.82, 2.24) is 14.5 Å². The molecule has 2 aromatic heterocycles. The van der Waals surface area contributed by atoms with Crippen molar-refractivity contribution in [1.29, 1.82) is 0 Å². The van der Waals surface area contributed by atoms with Gasteiger partial charge >= 0.3 is 0 Å². The number of aryl methyl sites for hydroxylation is 1. The van der Waals surface area contributed by atoms with E-state index >= 15 is 0 Å². The van der Waals surface area contributed by atoms with Gasteiger partial charge in [0.15, 0.2) is 10.9 Å². The van der Waals surface area contributed by atoms with Crippen LogP contribution < -0.4 is 10.9 Å². The Morgan fingerprint density at radius 2 is 1.57 bits per heavy atom. The van der Waals surface area contributed by atoms with E-state index < -0.39 is 0 Å². The number of ketones is 1. The average Bonchev–Trinajstić information content (AvgIpc) is 3.29. The zero-order chi connectivity index (χ0) is 24.5. The maximum atomic E-state index is 13.0. The molecule has 0 aliphatic rings. The molecule has 0 bridgehead atoms. The van der Waals surface area contributed by atoms with Gasteiger partial charge in [0.2, 0.25) is 0 Å². The topological polar surface area (TPSA) is 94.0 Å². The molecule has 0 atom stereocenters. The first-order chi connectivity index (χ1) is 16.9. The maximum absolute atomic E-state index is 13.0. The molecule has 2 heterocycles. The number of anilines is 1. The van der Waals surface area contributed by atoms with E-state index in [0.29, 0.717) is 43.7 Å². The Hall–Kier alpha value is -4.43. The summed E-state index contributed by atoms with van der Waals surface area (Å²) in [5, 5.41) is 3.65. The van der Waals surface area contributed by atoms with Crippen molar-refractivity contribution >= 4 is 39.1 Å². The van der Waals surface area contributed by atoms with Gasteiger partial charge in [-0.1, -0.05) is 53.8 Å². The molecule has 1 N–H and O–H groups in total. The molecule has 8 heteroatoms. The standard InChI is InChI=1S/C27H20N4O3S/c1-16(32)24-23(18-8-4-3-5-9-18)29-27(35-24)30-25(33)19-12-14-20(15-13-19)31-17(2)28-22-11-7-6-10-21(22)26(31)34/h3-15H,1-2H3,(H,29,30,33). The number of fused-ring (bicyclic) bond motifs is 1. The second-order valence-corrected chi connectivity index (χ2v) is 8.94. The lowest BCUT2D eigenvalue weighted by molar-refractivity contribution is 0.101. The number of benzene rings is 3. The number of Topliss-reactive ketones (excluding diaryl/α,β-unsaturated/α-hetero) is 1. The minimum Gasteiger partial charge on any atom is -0.298 e. The number of para-hydroxylation sites is 1. The van der Waals surface area contributed by atoms with Crippen LogP contribution in [-0.2, 0) is 0 Å². The van der Waals surface area contributed by atoms with E-state index in [0.717, 1.165) is 16.9 Å². The van der Waals surface area contributed by atoms with Crippen LogP contribution in [0, 0.1) is 6.92 Å². The van der Waals surface area contributed by atoms with E-state index in [1.807, 2.05) is 36.4 Å². The molecular weight excluding hydrogens is 460 g/mol. The summed E-state index contributed by atoms with van der Waals surface area (Å²) in [6.07, 6.45) is 0. The molecule has 0 aliphatic heterocycles. The number of carbonyl (C=O) groups is 2. The third kappa shape index (κ3) is 4.27. The van der Waals surface area contributed by atoms with Crippen LogP contribution in [0.1, 0.15) is 32.8 Å². The van der Waals surface area contributed by atoms with E-state index in [1.54, 1.807) is 49.4 Å². The molecule has 0 spiro atoms. The Morgan fingerprint density at radius 1 is 0.886 bits per heavy atom. The van der Waals surface area contributed by atoms with Crippen molar-refractivity contribution < 1.29 is 9.59 Å². The SMILES string of the molecule is CC(=O)c1sc(NC(=O)c2ccc(-n3c(C)nc4ccccc4c3=O)cc2)nc1-c1ccccc1. The van der Waals surface area contributed by atoms with Crippen LogP contribution in [0.25, 0.3) is 27.8 Å². The fourth-order valence-corrected chi connectivity index (χ4v) is 4.76. The molecule has 5 aromatic rings. The van der Waals surface area contributed by atoms with Crippen molar-refractivity contribution in [3.8, 4) is 16.9 Å².